The van der Waals surface area contributed by atoms with Crippen molar-refractivity contribution in [3.05, 3.63) is 95.3 Å². The molecule has 0 radical (unpaired) electrons. The van der Waals surface area contributed by atoms with Gasteiger partial charge in [0, 0.05) is 17.6 Å². The molecular formula is C31H35ClFN3O4S. The van der Waals surface area contributed by atoms with Crippen molar-refractivity contribution in [3.8, 4) is 0 Å². The molecule has 7 nitrogen and oxygen atoms in total. The summed E-state index contributed by atoms with van der Waals surface area (Å²) in [5, 5.41) is 3.65. The van der Waals surface area contributed by atoms with E-state index in [0.717, 1.165) is 54.1 Å². The number of halogens is 2. The Balaban J connectivity index is 1.68. The topological polar surface area (TPSA) is 86.8 Å². The van der Waals surface area contributed by atoms with Gasteiger partial charge in [-0.15, -0.1) is 0 Å². The summed E-state index contributed by atoms with van der Waals surface area (Å²) in [7, 11) is -4.20. The summed E-state index contributed by atoms with van der Waals surface area (Å²) in [6.45, 7) is 1.32. The highest BCUT2D eigenvalue weighted by atomic mass is 35.5. The first kappa shape index (κ1) is 30.5. The van der Waals surface area contributed by atoms with Crippen molar-refractivity contribution in [1.29, 1.82) is 0 Å². The Morgan fingerprint density at radius 2 is 1.59 bits per heavy atom. The lowest BCUT2D eigenvalue weighted by Gasteiger charge is -2.34. The SMILES string of the molecule is CCC(C(=O)NC1CCCCC1)N(Cc1ccc(Cl)cc1)C(=O)CN(c1ccc(F)cc1)S(=O)(=O)c1ccccc1. The number of amides is 2. The van der Waals surface area contributed by atoms with Gasteiger partial charge in [-0.25, -0.2) is 12.8 Å². The fraction of sp³-hybridized carbons (Fsp3) is 0.355. The fourth-order valence-electron chi connectivity index (χ4n) is 5.11. The molecule has 0 saturated heterocycles. The average Bonchev–Trinajstić information content (AvgIpc) is 2.98. The van der Waals surface area contributed by atoms with E-state index in [0.29, 0.717) is 11.4 Å². The minimum Gasteiger partial charge on any atom is -0.352 e. The maximum atomic E-state index is 14.1. The number of hydrogen-bond acceptors (Lipinski definition) is 4. The Morgan fingerprint density at radius 1 is 0.951 bits per heavy atom. The van der Waals surface area contributed by atoms with E-state index in [1.165, 1.54) is 29.2 Å². The number of rotatable bonds is 11. The molecule has 1 unspecified atom stereocenters. The zero-order chi connectivity index (χ0) is 29.4. The van der Waals surface area contributed by atoms with Crippen LogP contribution in [0.5, 0.6) is 0 Å². The van der Waals surface area contributed by atoms with Crippen LogP contribution in [-0.4, -0.2) is 43.8 Å². The minimum atomic E-state index is -4.20. The molecule has 2 amide bonds. The van der Waals surface area contributed by atoms with Gasteiger partial charge in [-0.1, -0.05) is 68.1 Å². The molecule has 0 heterocycles. The van der Waals surface area contributed by atoms with Crippen LogP contribution in [-0.2, 0) is 26.2 Å². The molecule has 3 aromatic rings. The molecule has 0 aliphatic heterocycles. The van der Waals surface area contributed by atoms with Crippen LogP contribution in [0.15, 0.2) is 83.8 Å². The molecule has 0 bridgehead atoms. The summed E-state index contributed by atoms with van der Waals surface area (Å²) >= 11 is 6.07. The number of nitrogens with zero attached hydrogens (tertiary/aromatic N) is 2. The minimum absolute atomic E-state index is 0.0107. The normalized spacial score (nSPS) is 14.7. The molecule has 218 valence electrons. The van der Waals surface area contributed by atoms with Gasteiger partial charge in [0.25, 0.3) is 10.0 Å². The molecule has 1 fully saturated rings. The van der Waals surface area contributed by atoms with Crippen molar-refractivity contribution < 1.29 is 22.4 Å². The molecule has 1 aliphatic carbocycles. The third-order valence-electron chi connectivity index (χ3n) is 7.33. The van der Waals surface area contributed by atoms with Gasteiger partial charge >= 0.3 is 0 Å². The first-order chi connectivity index (χ1) is 19.7. The fourth-order valence-corrected chi connectivity index (χ4v) is 6.67. The van der Waals surface area contributed by atoms with Crippen LogP contribution in [0.1, 0.15) is 51.0 Å². The zero-order valence-electron chi connectivity index (χ0n) is 23.0. The summed E-state index contributed by atoms with van der Waals surface area (Å²) in [5.41, 5.74) is 0.876. The zero-order valence-corrected chi connectivity index (χ0v) is 24.6. The van der Waals surface area contributed by atoms with Crippen molar-refractivity contribution in [2.45, 2.75) is 69.0 Å². The van der Waals surface area contributed by atoms with E-state index in [-0.39, 0.29) is 29.1 Å². The summed E-state index contributed by atoms with van der Waals surface area (Å²) < 4.78 is 42.3. The molecular weight excluding hydrogens is 565 g/mol. The van der Waals surface area contributed by atoms with Gasteiger partial charge in [-0.3, -0.25) is 13.9 Å². The van der Waals surface area contributed by atoms with Crippen LogP contribution in [0.3, 0.4) is 0 Å². The molecule has 3 aromatic carbocycles. The number of carbonyl (C=O) groups excluding carboxylic acids is 2. The third kappa shape index (κ3) is 7.86. The second-order valence-corrected chi connectivity index (χ2v) is 12.5. The number of benzene rings is 3. The third-order valence-corrected chi connectivity index (χ3v) is 9.37. The Morgan fingerprint density at radius 3 is 2.20 bits per heavy atom. The molecule has 1 aliphatic rings. The van der Waals surface area contributed by atoms with E-state index in [4.69, 9.17) is 11.6 Å². The predicted molar refractivity (Wildman–Crippen MR) is 158 cm³/mol. The van der Waals surface area contributed by atoms with E-state index in [2.05, 4.69) is 5.32 Å². The first-order valence-corrected chi connectivity index (χ1v) is 15.7. The van der Waals surface area contributed by atoms with Crippen LogP contribution in [0.4, 0.5) is 10.1 Å². The summed E-state index contributed by atoms with van der Waals surface area (Å²) in [5.74, 6) is -1.36. The van der Waals surface area contributed by atoms with Crippen LogP contribution < -0.4 is 9.62 Å². The average molecular weight is 600 g/mol. The van der Waals surface area contributed by atoms with Gasteiger partial charge in [-0.05, 0) is 73.4 Å². The van der Waals surface area contributed by atoms with Crippen molar-refractivity contribution >= 4 is 39.1 Å². The van der Waals surface area contributed by atoms with Gasteiger partial charge in [0.2, 0.25) is 11.8 Å². The number of carbonyl (C=O) groups is 2. The molecule has 0 spiro atoms. The highest BCUT2D eigenvalue weighted by Gasteiger charge is 2.34. The molecule has 1 saturated carbocycles. The monoisotopic (exact) mass is 599 g/mol. The summed E-state index contributed by atoms with van der Waals surface area (Å²) in [6.07, 6.45) is 5.33. The lowest BCUT2D eigenvalue weighted by Crippen LogP contribution is -2.54. The smallest absolute Gasteiger partial charge is 0.264 e. The van der Waals surface area contributed by atoms with E-state index in [9.17, 15) is 22.4 Å². The standard InChI is InChI=1S/C31H35ClFN3O4S/c1-2-29(31(38)34-26-9-5-3-6-10-26)35(21-23-13-15-24(32)16-14-23)30(37)22-36(27-19-17-25(33)18-20-27)41(39,40)28-11-7-4-8-12-28/h4,7-8,11-20,26,29H,2-3,5-6,9-10,21-22H2,1H3,(H,34,38). The van der Waals surface area contributed by atoms with Crippen LogP contribution in [0.2, 0.25) is 5.02 Å². The van der Waals surface area contributed by atoms with Gasteiger partial charge in [-0.2, -0.15) is 0 Å². The lowest BCUT2D eigenvalue weighted by atomic mass is 9.95. The van der Waals surface area contributed by atoms with Crippen molar-refractivity contribution in [3.63, 3.8) is 0 Å². The first-order valence-electron chi connectivity index (χ1n) is 13.9. The second-order valence-electron chi connectivity index (χ2n) is 10.2. The highest BCUT2D eigenvalue weighted by Crippen LogP contribution is 2.26. The quantitative estimate of drug-likeness (QED) is 0.296. The summed E-state index contributed by atoms with van der Waals surface area (Å²) in [6, 6.07) is 18.8. The van der Waals surface area contributed by atoms with E-state index >= 15 is 0 Å². The molecule has 41 heavy (non-hydrogen) atoms. The molecule has 0 aromatic heterocycles. The Hall–Kier alpha value is -3.43. The predicted octanol–water partition coefficient (Wildman–Crippen LogP) is 5.93. The van der Waals surface area contributed by atoms with E-state index < -0.39 is 34.3 Å². The number of sulfonamides is 1. The summed E-state index contributed by atoms with van der Waals surface area (Å²) in [4.78, 5) is 29.0. The van der Waals surface area contributed by atoms with E-state index in [1.807, 2.05) is 6.92 Å². The largest absolute Gasteiger partial charge is 0.352 e. The highest BCUT2D eigenvalue weighted by molar-refractivity contribution is 7.92. The van der Waals surface area contributed by atoms with Gasteiger partial charge < -0.3 is 10.2 Å². The Kier molecular flexibility index (Phi) is 10.4. The maximum absolute atomic E-state index is 14.1. The lowest BCUT2D eigenvalue weighted by molar-refractivity contribution is -0.140. The Bertz CT molecular complexity index is 1410. The molecule has 10 heteroatoms. The van der Waals surface area contributed by atoms with Crippen molar-refractivity contribution in [2.24, 2.45) is 0 Å². The molecule has 1 atom stereocenters. The van der Waals surface area contributed by atoms with Crippen LogP contribution in [0, 0.1) is 5.82 Å². The number of hydrogen-bond donors (Lipinski definition) is 1. The van der Waals surface area contributed by atoms with Crippen LogP contribution >= 0.6 is 11.6 Å². The molecule has 1 N–H and O–H groups in total. The maximum Gasteiger partial charge on any atom is 0.264 e. The number of anilines is 1. The number of nitrogens with one attached hydrogen (secondary N) is 1. The van der Waals surface area contributed by atoms with Gasteiger partial charge in [0.05, 0.1) is 10.6 Å². The van der Waals surface area contributed by atoms with Crippen molar-refractivity contribution in [2.75, 3.05) is 10.8 Å². The van der Waals surface area contributed by atoms with Gasteiger partial charge in [0.15, 0.2) is 0 Å². The van der Waals surface area contributed by atoms with Crippen LogP contribution in [0.25, 0.3) is 0 Å². The molecule has 4 rings (SSSR count). The Labute approximate surface area is 246 Å². The second kappa shape index (κ2) is 14.0. The van der Waals surface area contributed by atoms with Crippen molar-refractivity contribution in [1.82, 2.24) is 10.2 Å². The van der Waals surface area contributed by atoms with Gasteiger partial charge in [0.1, 0.15) is 18.4 Å². The van der Waals surface area contributed by atoms with E-state index in [1.54, 1.807) is 42.5 Å².